The van der Waals surface area contributed by atoms with E-state index in [1.54, 1.807) is 0 Å². The summed E-state index contributed by atoms with van der Waals surface area (Å²) in [6.07, 6.45) is 12.4. The molecule has 2 atom stereocenters. The molecule has 1 N–H and O–H groups in total. The maximum atomic E-state index is 11.3. The number of unbranched alkanes of at least 4 members (excludes halogenated alkanes) is 7. The third kappa shape index (κ3) is 16.3. The van der Waals surface area contributed by atoms with Gasteiger partial charge in [-0.05, 0) is 25.7 Å². The van der Waals surface area contributed by atoms with Crippen LogP contribution in [0.25, 0.3) is 0 Å². The molecule has 0 amide bonds. The zero-order valence-electron chi connectivity index (χ0n) is 16.1. The molecule has 0 aliphatic rings. The van der Waals surface area contributed by atoms with Gasteiger partial charge in [0.25, 0.3) is 0 Å². The number of aliphatic hydroxyl groups is 1. The Morgan fingerprint density at radius 1 is 0.750 bits per heavy atom. The molecule has 0 saturated heterocycles. The van der Waals surface area contributed by atoms with Crippen molar-refractivity contribution < 1.29 is 47.6 Å². The summed E-state index contributed by atoms with van der Waals surface area (Å²) in [7, 11) is -4.19. The molecule has 0 heterocycles. The fourth-order valence-electron chi connectivity index (χ4n) is 2.93. The van der Waals surface area contributed by atoms with E-state index in [0.717, 1.165) is 44.9 Å². The molecule has 24 heavy (non-hydrogen) atoms. The average Bonchev–Trinajstić information content (AvgIpc) is 2.48. The van der Waals surface area contributed by atoms with E-state index in [1.165, 1.54) is 19.3 Å². The first kappa shape index (κ1) is 27.1. The van der Waals surface area contributed by atoms with Crippen LogP contribution in [-0.4, -0.2) is 29.4 Å². The quantitative estimate of drug-likeness (QED) is 0.254. The predicted molar refractivity (Wildman–Crippen MR) is 95.5 cm³/mol. The number of rotatable bonds is 16. The van der Waals surface area contributed by atoms with Crippen molar-refractivity contribution in [3.05, 3.63) is 0 Å². The fraction of sp³-hybridized carbons (Fsp3) is 1.00. The van der Waals surface area contributed by atoms with Crippen LogP contribution >= 0.6 is 0 Å². The van der Waals surface area contributed by atoms with Gasteiger partial charge in [-0.3, -0.25) is 0 Å². The number of hydrogen-bond donors (Lipinski definition) is 1. The van der Waals surface area contributed by atoms with Crippen molar-refractivity contribution >= 4 is 10.1 Å². The molecule has 4 nitrogen and oxygen atoms in total. The minimum atomic E-state index is -4.19. The zero-order valence-corrected chi connectivity index (χ0v) is 19.0. The van der Waals surface area contributed by atoms with E-state index >= 15 is 0 Å². The minimum Gasteiger partial charge on any atom is -0.748 e. The molecule has 0 aromatic rings. The van der Waals surface area contributed by atoms with Crippen LogP contribution in [0.5, 0.6) is 0 Å². The van der Waals surface area contributed by atoms with Crippen molar-refractivity contribution in [3.8, 4) is 0 Å². The number of aliphatic hydroxyl groups excluding tert-OH is 1. The summed E-state index contributed by atoms with van der Waals surface area (Å²) in [6.45, 7) is 4.27. The molecule has 0 aromatic carbocycles. The first-order valence-electron chi connectivity index (χ1n) is 9.54. The molecule has 2 unspecified atom stereocenters. The van der Waals surface area contributed by atoms with Gasteiger partial charge in [0.2, 0.25) is 0 Å². The summed E-state index contributed by atoms with van der Waals surface area (Å²) >= 11 is 0. The Bertz CT molecular complexity index is 360. The van der Waals surface area contributed by atoms with Crippen LogP contribution in [0.2, 0.25) is 0 Å². The summed E-state index contributed by atoms with van der Waals surface area (Å²) in [6, 6.07) is 0. The zero-order chi connectivity index (χ0) is 17.6. The Morgan fingerprint density at radius 3 is 1.54 bits per heavy atom. The van der Waals surface area contributed by atoms with Crippen LogP contribution < -0.4 is 29.6 Å². The van der Waals surface area contributed by atoms with E-state index < -0.39 is 15.4 Å². The summed E-state index contributed by atoms with van der Waals surface area (Å²) in [4.78, 5) is 0. The molecular formula is C18H37NaO4S. The molecule has 6 heteroatoms. The van der Waals surface area contributed by atoms with Crippen molar-refractivity contribution in [1.82, 2.24) is 0 Å². The first-order chi connectivity index (χ1) is 10.9. The second-order valence-corrected chi connectivity index (χ2v) is 8.40. The second-order valence-electron chi connectivity index (χ2n) is 6.75. The van der Waals surface area contributed by atoms with Crippen LogP contribution in [-0.2, 0) is 10.1 Å². The molecule has 0 aliphatic heterocycles. The largest absolute Gasteiger partial charge is 1.00 e. The number of hydrogen-bond acceptors (Lipinski definition) is 4. The summed E-state index contributed by atoms with van der Waals surface area (Å²) in [5, 5.41) is 9.16. The Balaban J connectivity index is 0. The molecule has 0 spiro atoms. The molecule has 0 rings (SSSR count). The van der Waals surface area contributed by atoms with E-state index in [-0.39, 0.29) is 35.7 Å². The van der Waals surface area contributed by atoms with Gasteiger partial charge in [-0.1, -0.05) is 78.1 Å². The second kappa shape index (κ2) is 17.3. The van der Waals surface area contributed by atoms with Crippen molar-refractivity contribution in [3.63, 3.8) is 0 Å². The van der Waals surface area contributed by atoms with Crippen LogP contribution in [0.4, 0.5) is 0 Å². The van der Waals surface area contributed by atoms with Crippen LogP contribution in [0.1, 0.15) is 104 Å². The molecule has 0 radical (unpaired) electrons. The van der Waals surface area contributed by atoms with E-state index in [1.807, 2.05) is 0 Å². The van der Waals surface area contributed by atoms with Gasteiger partial charge in [-0.15, -0.1) is 0 Å². The predicted octanol–water partition coefficient (Wildman–Crippen LogP) is 1.77. The molecule has 0 fully saturated rings. The third-order valence-electron chi connectivity index (χ3n) is 4.49. The Kier molecular flexibility index (Phi) is 19.5. The molecule has 0 aliphatic carbocycles. The van der Waals surface area contributed by atoms with Gasteiger partial charge in [0, 0.05) is 5.25 Å². The summed E-state index contributed by atoms with van der Waals surface area (Å²) < 4.78 is 34.0. The van der Waals surface area contributed by atoms with E-state index in [4.69, 9.17) is 0 Å². The van der Waals surface area contributed by atoms with Crippen molar-refractivity contribution in [2.75, 3.05) is 0 Å². The van der Waals surface area contributed by atoms with E-state index in [0.29, 0.717) is 25.7 Å². The maximum Gasteiger partial charge on any atom is 1.00 e. The van der Waals surface area contributed by atoms with E-state index in [9.17, 15) is 18.1 Å². The molecule has 0 saturated carbocycles. The Hall–Kier alpha value is 0.870. The monoisotopic (exact) mass is 372 g/mol. The van der Waals surface area contributed by atoms with Gasteiger partial charge < -0.3 is 9.66 Å². The summed E-state index contributed by atoms with van der Waals surface area (Å²) in [5.74, 6) is 0. The average molecular weight is 373 g/mol. The Morgan fingerprint density at radius 2 is 1.12 bits per heavy atom. The smallest absolute Gasteiger partial charge is 0.748 e. The standard InChI is InChI=1S/C18H38O4S.Na/c1-3-5-7-9-13-17(19)14-11-12-16-18(23(20,21)22)15-10-8-6-4-2;/h17-19H,3-16H2,1-2H3,(H,20,21,22);/q;+1/p-1. The Labute approximate surface area is 172 Å². The fourth-order valence-corrected chi connectivity index (χ4v) is 3.85. The van der Waals surface area contributed by atoms with Crippen molar-refractivity contribution in [1.29, 1.82) is 0 Å². The van der Waals surface area contributed by atoms with Gasteiger partial charge in [0.05, 0.1) is 16.2 Å². The molecule has 0 aromatic heterocycles. The van der Waals surface area contributed by atoms with Gasteiger partial charge >= 0.3 is 29.6 Å². The molecular weight excluding hydrogens is 335 g/mol. The van der Waals surface area contributed by atoms with E-state index in [2.05, 4.69) is 13.8 Å². The molecule has 0 bridgehead atoms. The normalized spacial score (nSPS) is 14.2. The van der Waals surface area contributed by atoms with Gasteiger partial charge in [-0.25, -0.2) is 8.42 Å². The minimum absolute atomic E-state index is 0. The topological polar surface area (TPSA) is 77.4 Å². The van der Waals surface area contributed by atoms with Gasteiger partial charge in [0.15, 0.2) is 0 Å². The van der Waals surface area contributed by atoms with Gasteiger partial charge in [-0.2, -0.15) is 0 Å². The van der Waals surface area contributed by atoms with Crippen LogP contribution in [0.15, 0.2) is 0 Å². The SMILES string of the molecule is CCCCCCC(O)CCCCC(CCCCCC)S(=O)(=O)[O-].[Na+]. The van der Waals surface area contributed by atoms with Crippen LogP contribution in [0, 0.1) is 0 Å². The van der Waals surface area contributed by atoms with Crippen LogP contribution in [0.3, 0.4) is 0 Å². The maximum absolute atomic E-state index is 11.3. The van der Waals surface area contributed by atoms with Gasteiger partial charge in [0.1, 0.15) is 0 Å². The van der Waals surface area contributed by atoms with Crippen molar-refractivity contribution in [2.45, 2.75) is 115 Å². The third-order valence-corrected chi connectivity index (χ3v) is 5.78. The molecule has 140 valence electrons. The van der Waals surface area contributed by atoms with Crippen molar-refractivity contribution in [2.24, 2.45) is 0 Å². The summed E-state index contributed by atoms with van der Waals surface area (Å²) in [5.41, 5.74) is 0. The first-order valence-corrected chi connectivity index (χ1v) is 11.0.